The van der Waals surface area contributed by atoms with E-state index in [2.05, 4.69) is 203 Å². The van der Waals surface area contributed by atoms with Gasteiger partial charge in [-0.2, -0.15) is 0 Å². The second-order valence-electron chi connectivity index (χ2n) is 16.6. The van der Waals surface area contributed by atoms with Crippen LogP contribution in [0.3, 0.4) is 0 Å². The first-order valence-corrected chi connectivity index (χ1v) is 22.2. The van der Waals surface area contributed by atoms with Gasteiger partial charge < -0.3 is 9.13 Å². The SMILES string of the molecule is c1ccc2c(c1)sc1cc3c4ccc(-c5cnc(-c6cc(-n7c8ccccc8c8ccccc87)cc(-n7c8ccccc8c8ccccc87)c6)nc5)cc4c4ccccc4c3cc12. The summed E-state index contributed by atoms with van der Waals surface area (Å²) in [5.74, 6) is 0.674. The number of fused-ring (bicyclic) bond motifs is 15. The molecule has 0 bridgehead atoms. The quantitative estimate of drug-likeness (QED) is 0.166. The molecule has 63 heavy (non-hydrogen) atoms. The van der Waals surface area contributed by atoms with E-state index < -0.39 is 0 Å². The molecule has 10 aromatic carbocycles. The number of aromatic nitrogens is 4. The van der Waals surface area contributed by atoms with Crippen LogP contribution in [-0.4, -0.2) is 19.1 Å². The zero-order chi connectivity index (χ0) is 41.2. The molecule has 0 amide bonds. The highest BCUT2D eigenvalue weighted by atomic mass is 32.1. The monoisotopic (exact) mass is 818 g/mol. The Balaban J connectivity index is 0.948. The maximum Gasteiger partial charge on any atom is 0.159 e. The van der Waals surface area contributed by atoms with E-state index in [9.17, 15) is 0 Å². The summed E-state index contributed by atoms with van der Waals surface area (Å²) in [6.45, 7) is 0. The Labute approximate surface area is 365 Å². The van der Waals surface area contributed by atoms with Gasteiger partial charge in [0.05, 0.1) is 22.1 Å². The minimum atomic E-state index is 0.674. The van der Waals surface area contributed by atoms with Crippen molar-refractivity contribution in [3.8, 4) is 33.9 Å². The first-order valence-electron chi connectivity index (χ1n) is 21.4. The number of hydrogen-bond donors (Lipinski definition) is 0. The van der Waals surface area contributed by atoms with Crippen LogP contribution in [-0.2, 0) is 0 Å². The maximum absolute atomic E-state index is 5.14. The van der Waals surface area contributed by atoms with Gasteiger partial charge in [0.1, 0.15) is 0 Å². The number of benzene rings is 10. The molecule has 5 heteroatoms. The molecule has 0 aliphatic carbocycles. The Morgan fingerprint density at radius 2 is 0.730 bits per heavy atom. The van der Waals surface area contributed by atoms with Crippen molar-refractivity contribution in [2.75, 3.05) is 0 Å². The molecule has 0 saturated carbocycles. The molecule has 0 fully saturated rings. The zero-order valence-corrected chi connectivity index (χ0v) is 34.6. The highest BCUT2D eigenvalue weighted by molar-refractivity contribution is 7.25. The van der Waals surface area contributed by atoms with Crippen molar-refractivity contribution in [2.24, 2.45) is 0 Å². The van der Waals surface area contributed by atoms with Crippen LogP contribution in [0.2, 0.25) is 0 Å². The predicted molar refractivity (Wildman–Crippen MR) is 267 cm³/mol. The van der Waals surface area contributed by atoms with Crippen LogP contribution in [0, 0.1) is 0 Å². The van der Waals surface area contributed by atoms with E-state index in [1.807, 2.05) is 23.7 Å². The Bertz CT molecular complexity index is 3970. The maximum atomic E-state index is 5.14. The van der Waals surface area contributed by atoms with E-state index in [0.29, 0.717) is 5.82 Å². The topological polar surface area (TPSA) is 35.6 Å². The number of rotatable bonds is 4. The Morgan fingerprint density at radius 1 is 0.286 bits per heavy atom. The van der Waals surface area contributed by atoms with E-state index >= 15 is 0 Å². The summed E-state index contributed by atoms with van der Waals surface area (Å²) in [7, 11) is 0. The normalized spacial score (nSPS) is 12.1. The van der Waals surface area contributed by atoms with Crippen LogP contribution < -0.4 is 0 Å². The van der Waals surface area contributed by atoms with Crippen molar-refractivity contribution in [1.82, 2.24) is 19.1 Å². The zero-order valence-electron chi connectivity index (χ0n) is 33.8. The van der Waals surface area contributed by atoms with Crippen LogP contribution in [0.4, 0.5) is 0 Å². The van der Waals surface area contributed by atoms with E-state index in [4.69, 9.17) is 9.97 Å². The second-order valence-corrected chi connectivity index (χ2v) is 17.7. The van der Waals surface area contributed by atoms with Gasteiger partial charge in [0.25, 0.3) is 0 Å². The molecule has 0 saturated heterocycles. The highest BCUT2D eigenvalue weighted by Crippen LogP contribution is 2.43. The molecular weight excluding hydrogens is 785 g/mol. The molecule has 0 spiro atoms. The first kappa shape index (κ1) is 34.6. The summed E-state index contributed by atoms with van der Waals surface area (Å²) in [5.41, 5.74) is 9.75. The van der Waals surface area contributed by atoms with Gasteiger partial charge in [-0.1, -0.05) is 127 Å². The first-order chi connectivity index (χ1) is 31.2. The van der Waals surface area contributed by atoms with E-state index in [1.165, 1.54) is 74.0 Å². The standard InChI is InChI=1S/C58H34N4S/c1-2-14-41-40(13-1)48-29-35(25-26-42(48)50-32-57-51(31-49(41)50)47-19-7-12-24-56(47)63-57)37-33-59-58(60-34-37)36-27-38(61-52-20-8-3-15-43(52)44-16-4-9-21-53(44)61)30-39(28-36)62-54-22-10-5-17-45(54)46-18-6-11-23-55(46)62/h1-34H. The van der Waals surface area contributed by atoms with Crippen LogP contribution in [0.15, 0.2) is 207 Å². The van der Waals surface area contributed by atoms with Gasteiger partial charge in [0.15, 0.2) is 5.82 Å². The fourth-order valence-corrected chi connectivity index (χ4v) is 11.5. The van der Waals surface area contributed by atoms with Crippen molar-refractivity contribution in [2.45, 2.75) is 0 Å². The highest BCUT2D eigenvalue weighted by Gasteiger charge is 2.19. The molecule has 0 atom stereocenters. The molecule has 0 radical (unpaired) electrons. The smallest absolute Gasteiger partial charge is 0.159 e. The molecule has 4 aromatic heterocycles. The lowest BCUT2D eigenvalue weighted by Gasteiger charge is -2.15. The fourth-order valence-electron chi connectivity index (χ4n) is 10.4. The van der Waals surface area contributed by atoms with Crippen molar-refractivity contribution < 1.29 is 0 Å². The average Bonchev–Trinajstić information content (AvgIpc) is 4.01. The summed E-state index contributed by atoms with van der Waals surface area (Å²) in [5, 5.41) is 15.1. The number of hydrogen-bond acceptors (Lipinski definition) is 3. The molecule has 0 unspecified atom stereocenters. The minimum absolute atomic E-state index is 0.674. The fraction of sp³-hybridized carbons (Fsp3) is 0. The second kappa shape index (κ2) is 13.2. The summed E-state index contributed by atoms with van der Waals surface area (Å²) >= 11 is 1.87. The van der Waals surface area contributed by atoms with Crippen LogP contribution in [0.1, 0.15) is 0 Å². The molecule has 14 aromatic rings. The molecule has 0 aliphatic rings. The van der Waals surface area contributed by atoms with Gasteiger partial charge in [-0.15, -0.1) is 11.3 Å². The van der Waals surface area contributed by atoms with Crippen molar-refractivity contribution in [1.29, 1.82) is 0 Å². The van der Waals surface area contributed by atoms with E-state index in [0.717, 1.165) is 50.1 Å². The van der Waals surface area contributed by atoms with Crippen molar-refractivity contribution in [3.05, 3.63) is 207 Å². The van der Waals surface area contributed by atoms with E-state index in [-0.39, 0.29) is 0 Å². The average molecular weight is 819 g/mol. The lowest BCUT2D eigenvalue weighted by molar-refractivity contribution is 1.12. The van der Waals surface area contributed by atoms with Crippen LogP contribution in [0.5, 0.6) is 0 Å². The van der Waals surface area contributed by atoms with Gasteiger partial charge in [-0.05, 0) is 105 Å². The largest absolute Gasteiger partial charge is 0.309 e. The molecule has 4 heterocycles. The summed E-state index contributed by atoms with van der Waals surface area (Å²) < 4.78 is 7.41. The van der Waals surface area contributed by atoms with Gasteiger partial charge >= 0.3 is 0 Å². The van der Waals surface area contributed by atoms with Gasteiger partial charge in [-0.3, -0.25) is 0 Å². The Morgan fingerprint density at radius 3 is 1.29 bits per heavy atom. The molecule has 0 aliphatic heterocycles. The van der Waals surface area contributed by atoms with Crippen LogP contribution >= 0.6 is 11.3 Å². The summed E-state index contributed by atoms with van der Waals surface area (Å²) in [4.78, 5) is 10.3. The minimum Gasteiger partial charge on any atom is -0.309 e. The Kier molecular flexibility index (Phi) is 7.24. The van der Waals surface area contributed by atoms with Crippen molar-refractivity contribution in [3.63, 3.8) is 0 Å². The number of para-hydroxylation sites is 4. The van der Waals surface area contributed by atoms with Crippen LogP contribution in [0.25, 0.3) is 130 Å². The lowest BCUT2D eigenvalue weighted by Crippen LogP contribution is -2.01. The van der Waals surface area contributed by atoms with Gasteiger partial charge in [0.2, 0.25) is 0 Å². The molecule has 14 rings (SSSR count). The number of thiophene rings is 1. The summed E-state index contributed by atoms with van der Waals surface area (Å²) in [6, 6.07) is 70.8. The third-order valence-corrected chi connectivity index (χ3v) is 14.3. The third kappa shape index (κ3) is 5.08. The number of nitrogens with zero attached hydrogens (tertiary/aromatic N) is 4. The molecule has 292 valence electrons. The third-order valence-electron chi connectivity index (χ3n) is 13.2. The van der Waals surface area contributed by atoms with Gasteiger partial charge in [0, 0.05) is 76.6 Å². The van der Waals surface area contributed by atoms with E-state index in [1.54, 1.807) is 0 Å². The molecule has 0 N–H and O–H groups in total. The molecular formula is C58H34N4S. The molecule has 4 nitrogen and oxygen atoms in total. The predicted octanol–water partition coefficient (Wildman–Crippen LogP) is 15.8. The van der Waals surface area contributed by atoms with Gasteiger partial charge in [-0.25, -0.2) is 9.97 Å². The van der Waals surface area contributed by atoms with Crippen molar-refractivity contribution >= 4 is 107 Å². The Hall–Kier alpha value is -8.12. The summed E-state index contributed by atoms with van der Waals surface area (Å²) in [6.07, 6.45) is 3.97. The lowest BCUT2D eigenvalue weighted by atomic mass is 9.91.